The van der Waals surface area contributed by atoms with Gasteiger partial charge in [0, 0.05) is 0 Å². The van der Waals surface area contributed by atoms with Crippen molar-refractivity contribution in [3.05, 3.63) is 24.2 Å². The minimum absolute atomic E-state index is 0.0325. The third kappa shape index (κ3) is 4.75. The lowest BCUT2D eigenvalue weighted by molar-refractivity contribution is -0.127. The van der Waals surface area contributed by atoms with Gasteiger partial charge in [-0.1, -0.05) is 13.8 Å². The normalized spacial score (nSPS) is 13.9. The van der Waals surface area contributed by atoms with Crippen LogP contribution in [0.25, 0.3) is 0 Å². The molecule has 0 bridgehead atoms. The van der Waals surface area contributed by atoms with Gasteiger partial charge in [-0.3, -0.25) is 9.59 Å². The van der Waals surface area contributed by atoms with Crippen molar-refractivity contribution in [1.82, 2.24) is 10.6 Å². The molecule has 6 heteroatoms. The fourth-order valence-corrected chi connectivity index (χ4v) is 1.49. The molecule has 6 nitrogen and oxygen atoms in total. The summed E-state index contributed by atoms with van der Waals surface area (Å²) in [6.07, 6.45) is 1.54. The van der Waals surface area contributed by atoms with E-state index >= 15 is 0 Å². The van der Waals surface area contributed by atoms with Crippen molar-refractivity contribution >= 4 is 11.8 Å². The first kappa shape index (κ1) is 15.2. The smallest absolute Gasteiger partial charge is 0.239 e. The predicted molar refractivity (Wildman–Crippen MR) is 71.1 cm³/mol. The number of rotatable bonds is 6. The lowest BCUT2D eigenvalue weighted by Gasteiger charge is -2.16. The summed E-state index contributed by atoms with van der Waals surface area (Å²) in [5.74, 6) is 0.0904. The van der Waals surface area contributed by atoms with Gasteiger partial charge in [-0.05, 0) is 25.0 Å². The van der Waals surface area contributed by atoms with E-state index in [1.807, 2.05) is 13.8 Å². The van der Waals surface area contributed by atoms with E-state index in [2.05, 4.69) is 10.6 Å². The summed E-state index contributed by atoms with van der Waals surface area (Å²) in [5.41, 5.74) is 5.67. The van der Waals surface area contributed by atoms with Crippen LogP contribution >= 0.6 is 0 Å². The topological polar surface area (TPSA) is 97.4 Å². The van der Waals surface area contributed by atoms with E-state index < -0.39 is 6.04 Å². The number of hydrogen-bond donors (Lipinski definition) is 3. The second kappa shape index (κ2) is 6.94. The molecular weight excluding hydrogens is 246 g/mol. The van der Waals surface area contributed by atoms with E-state index in [0.29, 0.717) is 5.76 Å². The maximum Gasteiger partial charge on any atom is 0.239 e. The van der Waals surface area contributed by atoms with E-state index in [1.54, 1.807) is 25.3 Å². The van der Waals surface area contributed by atoms with Crippen LogP contribution < -0.4 is 16.4 Å². The number of nitrogens with one attached hydrogen (secondary N) is 2. The number of carbonyl (C=O) groups excluding carboxylic acids is 2. The molecule has 1 aromatic rings. The Labute approximate surface area is 112 Å². The highest BCUT2D eigenvalue weighted by Gasteiger charge is 2.18. The summed E-state index contributed by atoms with van der Waals surface area (Å²) >= 11 is 0. The van der Waals surface area contributed by atoms with Crippen LogP contribution in [-0.2, 0) is 9.59 Å². The van der Waals surface area contributed by atoms with Crippen LogP contribution in [0.5, 0.6) is 0 Å². The summed E-state index contributed by atoms with van der Waals surface area (Å²) in [5, 5.41) is 5.23. The number of nitrogens with two attached hydrogens (primary N) is 1. The predicted octanol–water partition coefficient (Wildman–Crippen LogP) is 0.556. The highest BCUT2D eigenvalue weighted by molar-refractivity contribution is 5.87. The first-order valence-electron chi connectivity index (χ1n) is 6.28. The van der Waals surface area contributed by atoms with Gasteiger partial charge in [-0.25, -0.2) is 0 Å². The van der Waals surface area contributed by atoms with E-state index in [4.69, 9.17) is 10.2 Å². The third-order valence-electron chi connectivity index (χ3n) is 2.79. The SMILES string of the molecule is CC(NC(=O)CNC(=O)[C@@H](N)C(C)C)c1ccco1. The van der Waals surface area contributed by atoms with Crippen molar-refractivity contribution in [2.45, 2.75) is 32.9 Å². The third-order valence-corrected chi connectivity index (χ3v) is 2.79. The Morgan fingerprint density at radius 2 is 2.05 bits per heavy atom. The lowest BCUT2D eigenvalue weighted by Crippen LogP contribution is -2.47. The molecule has 1 aromatic heterocycles. The highest BCUT2D eigenvalue weighted by Crippen LogP contribution is 2.11. The Kier molecular flexibility index (Phi) is 5.57. The van der Waals surface area contributed by atoms with Gasteiger partial charge in [0.1, 0.15) is 5.76 Å². The van der Waals surface area contributed by atoms with E-state index in [-0.39, 0.29) is 30.3 Å². The maximum atomic E-state index is 11.6. The average Bonchev–Trinajstić information content (AvgIpc) is 2.88. The van der Waals surface area contributed by atoms with E-state index in [0.717, 1.165) is 0 Å². The van der Waals surface area contributed by atoms with Crippen molar-refractivity contribution in [2.75, 3.05) is 6.54 Å². The summed E-state index contributed by atoms with van der Waals surface area (Å²) in [6, 6.07) is 2.69. The molecule has 4 N–H and O–H groups in total. The summed E-state index contributed by atoms with van der Waals surface area (Å²) in [6.45, 7) is 5.41. The number of carbonyl (C=O) groups is 2. The van der Waals surface area contributed by atoms with Crippen LogP contribution in [0.15, 0.2) is 22.8 Å². The van der Waals surface area contributed by atoms with E-state index in [9.17, 15) is 9.59 Å². The van der Waals surface area contributed by atoms with Crippen molar-refractivity contribution in [3.63, 3.8) is 0 Å². The van der Waals surface area contributed by atoms with Crippen LogP contribution in [0.1, 0.15) is 32.6 Å². The van der Waals surface area contributed by atoms with Crippen LogP contribution in [0, 0.1) is 5.92 Å². The number of amides is 2. The fourth-order valence-electron chi connectivity index (χ4n) is 1.49. The molecule has 2 atom stereocenters. The molecule has 0 aliphatic carbocycles. The molecule has 0 fully saturated rings. The summed E-state index contributed by atoms with van der Waals surface area (Å²) < 4.78 is 5.17. The first-order chi connectivity index (χ1) is 8.91. The number of hydrogen-bond acceptors (Lipinski definition) is 4. The summed E-state index contributed by atoms with van der Waals surface area (Å²) in [4.78, 5) is 23.2. The molecule has 19 heavy (non-hydrogen) atoms. The van der Waals surface area contributed by atoms with Gasteiger partial charge in [-0.2, -0.15) is 0 Å². The van der Waals surface area contributed by atoms with Crippen molar-refractivity contribution < 1.29 is 14.0 Å². The first-order valence-corrected chi connectivity index (χ1v) is 6.28. The molecule has 0 aromatic carbocycles. The molecule has 0 aliphatic rings. The Balaban J connectivity index is 2.34. The van der Waals surface area contributed by atoms with Crippen molar-refractivity contribution in [3.8, 4) is 0 Å². The van der Waals surface area contributed by atoms with Gasteiger partial charge in [0.2, 0.25) is 11.8 Å². The maximum absolute atomic E-state index is 11.6. The van der Waals surface area contributed by atoms with Gasteiger partial charge in [0.15, 0.2) is 0 Å². The van der Waals surface area contributed by atoms with Crippen LogP contribution in [-0.4, -0.2) is 24.4 Å². The monoisotopic (exact) mass is 267 g/mol. The Morgan fingerprint density at radius 1 is 1.37 bits per heavy atom. The minimum atomic E-state index is -0.602. The van der Waals surface area contributed by atoms with Gasteiger partial charge < -0.3 is 20.8 Å². The second-order valence-electron chi connectivity index (χ2n) is 4.79. The Hall–Kier alpha value is -1.82. The molecule has 2 amide bonds. The Morgan fingerprint density at radius 3 is 2.58 bits per heavy atom. The van der Waals surface area contributed by atoms with Gasteiger partial charge >= 0.3 is 0 Å². The highest BCUT2D eigenvalue weighted by atomic mass is 16.3. The molecule has 1 heterocycles. The second-order valence-corrected chi connectivity index (χ2v) is 4.79. The average molecular weight is 267 g/mol. The Bertz CT molecular complexity index is 415. The zero-order valence-electron chi connectivity index (χ0n) is 11.5. The lowest BCUT2D eigenvalue weighted by atomic mass is 10.1. The van der Waals surface area contributed by atoms with Crippen molar-refractivity contribution in [1.29, 1.82) is 0 Å². The molecule has 0 radical (unpaired) electrons. The van der Waals surface area contributed by atoms with Gasteiger partial charge in [0.05, 0.1) is 24.9 Å². The van der Waals surface area contributed by atoms with Crippen molar-refractivity contribution in [2.24, 2.45) is 11.7 Å². The quantitative estimate of drug-likeness (QED) is 0.701. The molecular formula is C13H21N3O3. The van der Waals surface area contributed by atoms with E-state index in [1.165, 1.54) is 0 Å². The zero-order valence-corrected chi connectivity index (χ0v) is 11.5. The van der Waals surface area contributed by atoms with Crippen LogP contribution in [0.4, 0.5) is 0 Å². The molecule has 0 saturated carbocycles. The summed E-state index contributed by atoms with van der Waals surface area (Å²) in [7, 11) is 0. The molecule has 1 unspecified atom stereocenters. The molecule has 1 rings (SSSR count). The minimum Gasteiger partial charge on any atom is -0.467 e. The molecule has 0 spiro atoms. The standard InChI is InChI=1S/C13H21N3O3/c1-8(2)12(14)13(18)15-7-11(17)16-9(3)10-5-4-6-19-10/h4-6,8-9,12H,7,14H2,1-3H3,(H,15,18)(H,16,17)/t9?,12-/m0/s1. The molecule has 0 aliphatic heterocycles. The largest absolute Gasteiger partial charge is 0.467 e. The van der Waals surface area contributed by atoms with Crippen LogP contribution in [0.2, 0.25) is 0 Å². The van der Waals surface area contributed by atoms with Gasteiger partial charge in [-0.15, -0.1) is 0 Å². The zero-order chi connectivity index (χ0) is 14.4. The van der Waals surface area contributed by atoms with Gasteiger partial charge in [0.25, 0.3) is 0 Å². The number of furan rings is 1. The molecule has 106 valence electrons. The fraction of sp³-hybridized carbons (Fsp3) is 0.538. The molecule has 0 saturated heterocycles. The van der Waals surface area contributed by atoms with Crippen LogP contribution in [0.3, 0.4) is 0 Å².